The summed E-state index contributed by atoms with van der Waals surface area (Å²) in [5.41, 5.74) is 3.84. The smallest absolute Gasteiger partial charge is 0.336 e. The van der Waals surface area contributed by atoms with Crippen molar-refractivity contribution in [3.8, 4) is 11.4 Å². The summed E-state index contributed by atoms with van der Waals surface area (Å²) in [5.74, 6) is -0.991. The molecule has 0 aliphatic rings. The Labute approximate surface area is 163 Å². The van der Waals surface area contributed by atoms with E-state index in [1.807, 2.05) is 37.3 Å². The van der Waals surface area contributed by atoms with Crippen LogP contribution < -0.4 is 0 Å². The van der Waals surface area contributed by atoms with Crippen LogP contribution in [0.4, 0.5) is 0 Å². The number of carboxylic acids is 1. The van der Waals surface area contributed by atoms with E-state index < -0.39 is 5.97 Å². The van der Waals surface area contributed by atoms with Crippen molar-refractivity contribution < 1.29 is 9.90 Å². The highest BCUT2D eigenvalue weighted by Gasteiger charge is 2.17. The van der Waals surface area contributed by atoms with Crippen molar-refractivity contribution in [3.05, 3.63) is 75.9 Å². The molecule has 2 heterocycles. The molecule has 0 radical (unpaired) electrons. The Bertz CT molecular complexity index is 1150. The average Bonchev–Trinajstić information content (AvgIpc) is 3.03. The molecular formula is C20H15BrN4O2. The van der Waals surface area contributed by atoms with Crippen LogP contribution in [0.25, 0.3) is 22.3 Å². The van der Waals surface area contributed by atoms with Crippen LogP contribution in [-0.4, -0.2) is 31.1 Å². The van der Waals surface area contributed by atoms with Gasteiger partial charge in [-0.1, -0.05) is 51.5 Å². The van der Waals surface area contributed by atoms with Gasteiger partial charge in [0.15, 0.2) is 0 Å². The molecule has 0 fully saturated rings. The Morgan fingerprint density at radius 3 is 2.63 bits per heavy atom. The number of aromatic nitrogens is 4. The monoisotopic (exact) mass is 422 g/mol. The number of benzene rings is 2. The number of aromatic carboxylic acids is 1. The van der Waals surface area contributed by atoms with Gasteiger partial charge in [-0.2, -0.15) is 0 Å². The molecule has 2 aromatic heterocycles. The van der Waals surface area contributed by atoms with Crippen LogP contribution in [0.3, 0.4) is 0 Å². The zero-order valence-electron chi connectivity index (χ0n) is 14.4. The van der Waals surface area contributed by atoms with Crippen LogP contribution in [0.15, 0.2) is 59.1 Å². The number of rotatable bonds is 4. The number of hydrogen-bond donors (Lipinski definition) is 1. The molecule has 134 valence electrons. The Morgan fingerprint density at radius 1 is 1.15 bits per heavy atom. The van der Waals surface area contributed by atoms with Crippen LogP contribution in [-0.2, 0) is 6.54 Å². The summed E-state index contributed by atoms with van der Waals surface area (Å²) in [5, 5.41) is 18.7. The van der Waals surface area contributed by atoms with Gasteiger partial charge in [0.1, 0.15) is 5.69 Å². The van der Waals surface area contributed by atoms with Gasteiger partial charge in [0.05, 0.1) is 29.0 Å². The topological polar surface area (TPSA) is 80.9 Å². The predicted molar refractivity (Wildman–Crippen MR) is 106 cm³/mol. The first-order valence-electron chi connectivity index (χ1n) is 8.31. The van der Waals surface area contributed by atoms with E-state index in [0.717, 1.165) is 15.7 Å². The van der Waals surface area contributed by atoms with E-state index >= 15 is 0 Å². The van der Waals surface area contributed by atoms with Gasteiger partial charge in [-0.05, 0) is 36.8 Å². The minimum Gasteiger partial charge on any atom is -0.478 e. The fourth-order valence-corrected chi connectivity index (χ4v) is 3.25. The van der Waals surface area contributed by atoms with Gasteiger partial charge >= 0.3 is 5.97 Å². The number of halogens is 1. The summed E-state index contributed by atoms with van der Waals surface area (Å²) in [6.07, 6.45) is 0. The van der Waals surface area contributed by atoms with Crippen molar-refractivity contribution >= 4 is 32.8 Å². The normalized spacial score (nSPS) is 11.0. The van der Waals surface area contributed by atoms with Crippen molar-refractivity contribution in [1.82, 2.24) is 20.0 Å². The van der Waals surface area contributed by atoms with Crippen molar-refractivity contribution in [2.24, 2.45) is 0 Å². The van der Waals surface area contributed by atoms with Gasteiger partial charge in [-0.3, -0.25) is 0 Å². The number of hydrogen-bond acceptors (Lipinski definition) is 4. The highest BCUT2D eigenvalue weighted by molar-refractivity contribution is 9.10. The van der Waals surface area contributed by atoms with Gasteiger partial charge < -0.3 is 5.11 Å². The number of para-hydroxylation sites is 1. The molecule has 0 atom stereocenters. The van der Waals surface area contributed by atoms with Crippen molar-refractivity contribution in [1.29, 1.82) is 0 Å². The summed E-state index contributed by atoms with van der Waals surface area (Å²) in [7, 11) is 0. The summed E-state index contributed by atoms with van der Waals surface area (Å²) < 4.78 is 2.81. The Morgan fingerprint density at radius 2 is 1.89 bits per heavy atom. The largest absolute Gasteiger partial charge is 0.478 e. The summed E-state index contributed by atoms with van der Waals surface area (Å²) in [4.78, 5) is 16.3. The highest BCUT2D eigenvalue weighted by Crippen LogP contribution is 2.26. The van der Waals surface area contributed by atoms with E-state index in [1.54, 1.807) is 28.9 Å². The van der Waals surface area contributed by atoms with Crippen LogP contribution in [0.5, 0.6) is 0 Å². The van der Waals surface area contributed by atoms with E-state index in [1.165, 1.54) is 0 Å². The molecule has 0 unspecified atom stereocenters. The maximum atomic E-state index is 11.7. The number of carboxylic acid groups (broad SMARTS) is 1. The van der Waals surface area contributed by atoms with Crippen molar-refractivity contribution in [2.45, 2.75) is 13.5 Å². The van der Waals surface area contributed by atoms with Gasteiger partial charge in [0.25, 0.3) is 0 Å². The third-order valence-corrected chi connectivity index (χ3v) is 4.95. The molecule has 0 spiro atoms. The van der Waals surface area contributed by atoms with Crippen LogP contribution in [0.1, 0.15) is 21.6 Å². The lowest BCUT2D eigenvalue weighted by molar-refractivity contribution is 0.0699. The highest BCUT2D eigenvalue weighted by atomic mass is 79.9. The second-order valence-electron chi connectivity index (χ2n) is 6.18. The van der Waals surface area contributed by atoms with E-state index in [9.17, 15) is 9.90 Å². The van der Waals surface area contributed by atoms with E-state index in [0.29, 0.717) is 28.8 Å². The second kappa shape index (κ2) is 6.92. The maximum absolute atomic E-state index is 11.7. The van der Waals surface area contributed by atoms with Gasteiger partial charge in [-0.25, -0.2) is 14.5 Å². The summed E-state index contributed by atoms with van der Waals surface area (Å²) in [6, 6.07) is 16.7. The molecule has 0 amide bonds. The van der Waals surface area contributed by atoms with Crippen molar-refractivity contribution in [3.63, 3.8) is 0 Å². The second-order valence-corrected chi connectivity index (χ2v) is 7.10. The molecule has 0 saturated carbocycles. The molecule has 2 aromatic carbocycles. The number of nitrogens with zero attached hydrogens (tertiary/aromatic N) is 4. The first-order valence-corrected chi connectivity index (χ1v) is 9.10. The molecule has 7 heteroatoms. The SMILES string of the molecule is Cc1c(-c2cc(C(=O)O)c3ccccc3n2)nnn1Cc1ccc(Br)cc1. The first-order chi connectivity index (χ1) is 13.0. The molecule has 27 heavy (non-hydrogen) atoms. The molecule has 1 N–H and O–H groups in total. The average molecular weight is 423 g/mol. The predicted octanol–water partition coefficient (Wildman–Crippen LogP) is 4.31. The first kappa shape index (κ1) is 17.4. The number of carbonyl (C=O) groups is 1. The molecular weight excluding hydrogens is 408 g/mol. The summed E-state index contributed by atoms with van der Waals surface area (Å²) in [6.45, 7) is 2.48. The Hall–Kier alpha value is -3.06. The van der Waals surface area contributed by atoms with E-state index in [2.05, 4.69) is 31.2 Å². The van der Waals surface area contributed by atoms with Gasteiger partial charge in [0.2, 0.25) is 0 Å². The molecule has 4 aromatic rings. The Balaban J connectivity index is 1.77. The standard InChI is InChI=1S/C20H15BrN4O2/c1-12-19(23-24-25(12)11-13-6-8-14(21)9-7-13)18-10-16(20(26)27)15-4-2-3-5-17(15)22-18/h2-10H,11H2,1H3,(H,26,27). The summed E-state index contributed by atoms with van der Waals surface area (Å²) >= 11 is 3.43. The molecule has 4 rings (SSSR count). The van der Waals surface area contributed by atoms with Gasteiger partial charge in [0, 0.05) is 9.86 Å². The fourth-order valence-electron chi connectivity index (χ4n) is 2.98. The molecule has 0 aliphatic heterocycles. The lowest BCUT2D eigenvalue weighted by Crippen LogP contribution is -2.04. The zero-order valence-corrected chi connectivity index (χ0v) is 16.0. The van der Waals surface area contributed by atoms with Crippen molar-refractivity contribution in [2.75, 3.05) is 0 Å². The maximum Gasteiger partial charge on any atom is 0.336 e. The molecule has 0 aliphatic carbocycles. The fraction of sp³-hybridized carbons (Fsp3) is 0.100. The molecule has 6 nitrogen and oxygen atoms in total. The third-order valence-electron chi connectivity index (χ3n) is 4.42. The third kappa shape index (κ3) is 3.33. The lowest BCUT2D eigenvalue weighted by Gasteiger charge is -2.07. The van der Waals surface area contributed by atoms with E-state index in [4.69, 9.17) is 0 Å². The lowest BCUT2D eigenvalue weighted by atomic mass is 10.1. The van der Waals surface area contributed by atoms with Gasteiger partial charge in [-0.15, -0.1) is 5.10 Å². The van der Waals surface area contributed by atoms with E-state index in [-0.39, 0.29) is 5.56 Å². The minimum absolute atomic E-state index is 0.206. The number of fused-ring (bicyclic) bond motifs is 1. The molecule has 0 saturated heterocycles. The van der Waals surface area contributed by atoms with Crippen LogP contribution >= 0.6 is 15.9 Å². The number of pyridine rings is 1. The minimum atomic E-state index is -0.991. The van der Waals surface area contributed by atoms with Crippen LogP contribution in [0, 0.1) is 6.92 Å². The quantitative estimate of drug-likeness (QED) is 0.529. The zero-order chi connectivity index (χ0) is 19.0. The Kier molecular flexibility index (Phi) is 4.45. The van der Waals surface area contributed by atoms with Crippen LogP contribution in [0.2, 0.25) is 0 Å². The molecule has 0 bridgehead atoms.